The fourth-order valence-electron chi connectivity index (χ4n) is 3.05. The normalized spacial score (nSPS) is 11.0. The van der Waals surface area contributed by atoms with Gasteiger partial charge in [0.2, 0.25) is 0 Å². The molecule has 0 fully saturated rings. The summed E-state index contributed by atoms with van der Waals surface area (Å²) in [7, 11) is 0. The van der Waals surface area contributed by atoms with Gasteiger partial charge in [-0.2, -0.15) is 11.8 Å². The smallest absolute Gasteiger partial charge is 0.319 e. The van der Waals surface area contributed by atoms with Crippen molar-refractivity contribution < 1.29 is 4.79 Å². The summed E-state index contributed by atoms with van der Waals surface area (Å²) in [5.74, 6) is 2.26. The predicted molar refractivity (Wildman–Crippen MR) is 130 cm³/mol. The number of hydrogen-bond acceptors (Lipinski definition) is 2. The molecule has 2 rings (SSSR count). The van der Waals surface area contributed by atoms with E-state index >= 15 is 0 Å². The van der Waals surface area contributed by atoms with E-state index in [1.54, 1.807) is 0 Å². The molecule has 0 heterocycles. The van der Waals surface area contributed by atoms with Crippen LogP contribution in [0.5, 0.6) is 0 Å². The van der Waals surface area contributed by atoms with E-state index in [1.165, 1.54) is 27.8 Å². The molecule has 0 radical (unpaired) electrons. The van der Waals surface area contributed by atoms with Gasteiger partial charge in [-0.3, -0.25) is 0 Å². The van der Waals surface area contributed by atoms with Gasteiger partial charge in [0.05, 0.1) is 5.69 Å². The summed E-state index contributed by atoms with van der Waals surface area (Å²) in [5.41, 5.74) is 7.35. The van der Waals surface area contributed by atoms with Crippen LogP contribution in [-0.2, 0) is 5.75 Å². The van der Waals surface area contributed by atoms with Gasteiger partial charge in [0.1, 0.15) is 0 Å². The van der Waals surface area contributed by atoms with Crippen LogP contribution in [0.2, 0.25) is 0 Å². The van der Waals surface area contributed by atoms with E-state index in [4.69, 9.17) is 0 Å². The SMILES string of the molecule is Cc1cc(C)c(CSCCNC(=O)Nc2c(Br)cc(C(C)C)cc2Br)c(C)c1. The highest BCUT2D eigenvalue weighted by Crippen LogP contribution is 2.34. The Morgan fingerprint density at radius 1 is 1.04 bits per heavy atom. The highest BCUT2D eigenvalue weighted by Gasteiger charge is 2.12. The molecular weight excluding hydrogens is 500 g/mol. The van der Waals surface area contributed by atoms with Crippen LogP contribution in [0.25, 0.3) is 0 Å². The first-order valence-electron chi connectivity index (χ1n) is 9.37. The van der Waals surface area contributed by atoms with E-state index < -0.39 is 0 Å². The average Bonchev–Trinajstić information content (AvgIpc) is 2.59. The van der Waals surface area contributed by atoms with Crippen LogP contribution in [0.4, 0.5) is 10.5 Å². The van der Waals surface area contributed by atoms with Crippen molar-refractivity contribution in [2.75, 3.05) is 17.6 Å². The molecule has 2 aromatic carbocycles. The van der Waals surface area contributed by atoms with Gasteiger partial charge in [-0.1, -0.05) is 31.5 Å². The van der Waals surface area contributed by atoms with Gasteiger partial charge in [0.15, 0.2) is 0 Å². The van der Waals surface area contributed by atoms with Gasteiger partial charge in [0.25, 0.3) is 0 Å². The molecule has 0 bridgehead atoms. The minimum absolute atomic E-state index is 0.193. The Morgan fingerprint density at radius 2 is 1.61 bits per heavy atom. The number of thioether (sulfide) groups is 1. The zero-order valence-electron chi connectivity index (χ0n) is 17.1. The van der Waals surface area contributed by atoms with E-state index in [2.05, 4.69) is 89.2 Å². The third-order valence-corrected chi connectivity index (χ3v) is 6.82. The van der Waals surface area contributed by atoms with E-state index in [9.17, 15) is 4.79 Å². The van der Waals surface area contributed by atoms with Crippen LogP contribution in [0.1, 0.15) is 47.6 Å². The molecule has 2 amide bonds. The molecule has 2 N–H and O–H groups in total. The fourth-order valence-corrected chi connectivity index (χ4v) is 5.52. The molecule has 0 spiro atoms. The lowest BCUT2D eigenvalue weighted by Gasteiger charge is -2.14. The minimum atomic E-state index is -0.193. The number of urea groups is 1. The summed E-state index contributed by atoms with van der Waals surface area (Å²) in [6, 6.07) is 8.37. The van der Waals surface area contributed by atoms with Crippen LogP contribution < -0.4 is 10.6 Å². The lowest BCUT2D eigenvalue weighted by atomic mass is 10.0. The van der Waals surface area contributed by atoms with Crippen LogP contribution in [0.3, 0.4) is 0 Å². The van der Waals surface area contributed by atoms with E-state index in [0.29, 0.717) is 12.5 Å². The van der Waals surface area contributed by atoms with Crippen molar-refractivity contribution in [1.29, 1.82) is 0 Å². The highest BCUT2D eigenvalue weighted by atomic mass is 79.9. The van der Waals surface area contributed by atoms with E-state index in [-0.39, 0.29) is 6.03 Å². The van der Waals surface area contributed by atoms with Crippen LogP contribution in [-0.4, -0.2) is 18.3 Å². The Kier molecular flexibility index (Phi) is 8.90. The molecule has 2 aromatic rings. The summed E-state index contributed by atoms with van der Waals surface area (Å²) >= 11 is 8.95. The summed E-state index contributed by atoms with van der Waals surface area (Å²) in [6.45, 7) is 11.4. The van der Waals surface area contributed by atoms with Gasteiger partial charge in [0, 0.05) is 27.0 Å². The first-order valence-corrected chi connectivity index (χ1v) is 12.1. The topological polar surface area (TPSA) is 41.1 Å². The van der Waals surface area contributed by atoms with Crippen LogP contribution >= 0.6 is 43.6 Å². The third kappa shape index (κ3) is 6.53. The highest BCUT2D eigenvalue weighted by molar-refractivity contribution is 9.11. The van der Waals surface area contributed by atoms with Crippen molar-refractivity contribution in [3.63, 3.8) is 0 Å². The first kappa shape index (κ1) is 23.3. The zero-order chi connectivity index (χ0) is 20.8. The molecule has 0 aliphatic heterocycles. The number of anilines is 1. The number of carbonyl (C=O) groups is 1. The van der Waals surface area contributed by atoms with Gasteiger partial charge >= 0.3 is 6.03 Å². The van der Waals surface area contributed by atoms with Gasteiger partial charge in [-0.25, -0.2) is 4.79 Å². The molecular formula is C22H28Br2N2OS. The Labute approximate surface area is 189 Å². The molecule has 6 heteroatoms. The second-order valence-electron chi connectivity index (χ2n) is 7.33. The lowest BCUT2D eigenvalue weighted by molar-refractivity contribution is 0.252. The Bertz CT molecular complexity index is 806. The number of aryl methyl sites for hydroxylation is 3. The number of carbonyl (C=O) groups excluding carboxylic acids is 1. The summed E-state index contributed by atoms with van der Waals surface area (Å²) < 4.78 is 1.75. The molecule has 0 atom stereocenters. The number of rotatable bonds is 7. The van der Waals surface area contributed by atoms with Crippen LogP contribution in [0.15, 0.2) is 33.2 Å². The second kappa shape index (κ2) is 10.7. The Balaban J connectivity index is 1.81. The van der Waals surface area contributed by atoms with Gasteiger partial charge in [-0.15, -0.1) is 0 Å². The molecule has 0 saturated carbocycles. The molecule has 3 nitrogen and oxygen atoms in total. The Hall–Kier alpha value is -0.980. The number of hydrogen-bond donors (Lipinski definition) is 2. The number of amides is 2. The predicted octanol–water partition coefficient (Wildman–Crippen LogP) is 7.32. The molecule has 0 unspecified atom stereocenters. The maximum atomic E-state index is 12.2. The lowest BCUT2D eigenvalue weighted by Crippen LogP contribution is -2.30. The van der Waals surface area contributed by atoms with Crippen molar-refractivity contribution in [3.8, 4) is 0 Å². The third-order valence-electron chi connectivity index (χ3n) is 4.59. The molecule has 0 saturated heterocycles. The number of nitrogens with one attached hydrogen (secondary N) is 2. The molecule has 0 aliphatic rings. The fraction of sp³-hybridized carbons (Fsp3) is 0.409. The second-order valence-corrected chi connectivity index (χ2v) is 10.1. The average molecular weight is 528 g/mol. The molecule has 0 aliphatic carbocycles. The van der Waals surface area contributed by atoms with Crippen molar-refractivity contribution >= 4 is 55.3 Å². The maximum Gasteiger partial charge on any atom is 0.319 e. The van der Waals surface area contributed by atoms with Crippen molar-refractivity contribution in [2.45, 2.75) is 46.3 Å². The van der Waals surface area contributed by atoms with Crippen molar-refractivity contribution in [2.24, 2.45) is 0 Å². The summed E-state index contributed by atoms with van der Waals surface area (Å²) in [5, 5.41) is 5.86. The van der Waals surface area contributed by atoms with Crippen molar-refractivity contribution in [3.05, 3.63) is 61.0 Å². The maximum absolute atomic E-state index is 12.2. The quantitative estimate of drug-likeness (QED) is 0.370. The largest absolute Gasteiger partial charge is 0.337 e. The summed E-state index contributed by atoms with van der Waals surface area (Å²) in [6.07, 6.45) is 0. The van der Waals surface area contributed by atoms with Crippen LogP contribution in [0, 0.1) is 20.8 Å². The van der Waals surface area contributed by atoms with E-state index in [1.807, 2.05) is 23.9 Å². The summed E-state index contributed by atoms with van der Waals surface area (Å²) in [4.78, 5) is 12.2. The van der Waals surface area contributed by atoms with Gasteiger partial charge in [-0.05, 0) is 92.9 Å². The van der Waals surface area contributed by atoms with Crippen molar-refractivity contribution in [1.82, 2.24) is 5.32 Å². The molecule has 0 aromatic heterocycles. The molecule has 28 heavy (non-hydrogen) atoms. The first-order chi connectivity index (χ1) is 13.2. The Morgan fingerprint density at radius 3 is 2.14 bits per heavy atom. The number of benzene rings is 2. The van der Waals surface area contributed by atoms with E-state index in [0.717, 1.165) is 26.1 Å². The minimum Gasteiger partial charge on any atom is -0.337 e. The zero-order valence-corrected chi connectivity index (χ0v) is 21.1. The number of halogens is 2. The standard InChI is InChI=1S/C22H28Br2N2OS/c1-13(2)17-10-19(23)21(20(24)11-17)26-22(27)25-6-7-28-12-18-15(4)8-14(3)9-16(18)5/h8-11,13H,6-7,12H2,1-5H3,(H2,25,26,27). The van der Waals surface area contributed by atoms with Gasteiger partial charge < -0.3 is 10.6 Å². The molecule has 152 valence electrons. The monoisotopic (exact) mass is 526 g/mol.